The van der Waals surface area contributed by atoms with Crippen LogP contribution in [-0.4, -0.2) is 45.0 Å². The second-order valence-corrected chi connectivity index (χ2v) is 6.98. The highest BCUT2D eigenvalue weighted by atomic mass is 16.5. The van der Waals surface area contributed by atoms with Gasteiger partial charge in [-0.1, -0.05) is 17.3 Å². The molecular formula is C19H27N5O2. The van der Waals surface area contributed by atoms with Gasteiger partial charge >= 0.3 is 0 Å². The van der Waals surface area contributed by atoms with E-state index in [9.17, 15) is 4.79 Å². The van der Waals surface area contributed by atoms with E-state index in [1.54, 1.807) is 0 Å². The fourth-order valence-corrected chi connectivity index (χ4v) is 3.27. The molecule has 2 N–H and O–H groups in total. The van der Waals surface area contributed by atoms with Crippen molar-refractivity contribution in [2.24, 2.45) is 5.73 Å². The van der Waals surface area contributed by atoms with Crippen molar-refractivity contribution in [2.75, 3.05) is 13.1 Å². The third-order valence-corrected chi connectivity index (χ3v) is 4.91. The van der Waals surface area contributed by atoms with Crippen molar-refractivity contribution in [1.82, 2.24) is 19.9 Å². The first kappa shape index (κ1) is 18.4. The number of likely N-dealkylation sites (tertiary alicyclic amines) is 1. The van der Waals surface area contributed by atoms with E-state index < -0.39 is 6.10 Å². The van der Waals surface area contributed by atoms with Crippen LogP contribution >= 0.6 is 0 Å². The highest BCUT2D eigenvalue weighted by Crippen LogP contribution is 2.24. The number of carbonyl (C=O) groups is 1. The summed E-state index contributed by atoms with van der Waals surface area (Å²) in [6.45, 7) is 7.62. The maximum absolute atomic E-state index is 12.7. The highest BCUT2D eigenvalue weighted by Gasteiger charge is 2.28. The molecule has 0 saturated carbocycles. The van der Waals surface area contributed by atoms with Crippen molar-refractivity contribution in [3.63, 3.8) is 0 Å². The van der Waals surface area contributed by atoms with E-state index >= 15 is 0 Å². The number of aromatic nitrogens is 3. The van der Waals surface area contributed by atoms with Crippen molar-refractivity contribution in [1.29, 1.82) is 0 Å². The van der Waals surface area contributed by atoms with Gasteiger partial charge in [0.05, 0.1) is 17.9 Å². The Balaban J connectivity index is 1.56. The fourth-order valence-electron chi connectivity index (χ4n) is 3.27. The van der Waals surface area contributed by atoms with Gasteiger partial charge in [-0.15, -0.1) is 5.10 Å². The van der Waals surface area contributed by atoms with E-state index in [1.165, 1.54) is 0 Å². The molecule has 0 radical (unpaired) electrons. The van der Waals surface area contributed by atoms with E-state index in [2.05, 4.69) is 10.3 Å². The Bertz CT molecular complexity index is 765. The largest absolute Gasteiger partial charge is 0.481 e. The van der Waals surface area contributed by atoms with Crippen LogP contribution in [0.1, 0.15) is 42.6 Å². The second kappa shape index (κ2) is 7.86. The van der Waals surface area contributed by atoms with Crippen LogP contribution in [0.15, 0.2) is 24.4 Å². The monoisotopic (exact) mass is 357 g/mol. The lowest BCUT2D eigenvalue weighted by Gasteiger charge is -2.33. The zero-order chi connectivity index (χ0) is 18.7. The number of amides is 1. The normalized spacial score (nSPS) is 16.5. The summed E-state index contributed by atoms with van der Waals surface area (Å²) in [6.07, 6.45) is 3.11. The molecule has 1 saturated heterocycles. The first-order valence-electron chi connectivity index (χ1n) is 9.11. The van der Waals surface area contributed by atoms with E-state index in [1.807, 2.05) is 54.7 Å². The zero-order valence-electron chi connectivity index (χ0n) is 15.7. The maximum Gasteiger partial charge on any atom is 0.263 e. The van der Waals surface area contributed by atoms with E-state index in [-0.39, 0.29) is 11.9 Å². The van der Waals surface area contributed by atoms with E-state index in [0.717, 1.165) is 35.4 Å². The minimum Gasteiger partial charge on any atom is -0.481 e. The van der Waals surface area contributed by atoms with E-state index in [0.29, 0.717) is 19.6 Å². The van der Waals surface area contributed by atoms with Gasteiger partial charge in [0, 0.05) is 19.6 Å². The summed E-state index contributed by atoms with van der Waals surface area (Å²) in [6, 6.07) is 6.30. The van der Waals surface area contributed by atoms with Crippen molar-refractivity contribution in [2.45, 2.75) is 52.3 Å². The number of nitrogens with two attached hydrogens (primary N) is 1. The van der Waals surface area contributed by atoms with Gasteiger partial charge in [0.1, 0.15) is 5.75 Å². The molecule has 2 heterocycles. The van der Waals surface area contributed by atoms with Crippen molar-refractivity contribution < 1.29 is 9.53 Å². The quantitative estimate of drug-likeness (QED) is 0.884. The van der Waals surface area contributed by atoms with Gasteiger partial charge in [0.15, 0.2) is 6.10 Å². The van der Waals surface area contributed by atoms with Crippen LogP contribution in [0, 0.1) is 13.8 Å². The number of rotatable bonds is 5. The predicted octanol–water partition coefficient (Wildman–Crippen LogP) is 1.98. The molecule has 1 amide bonds. The Morgan fingerprint density at radius 3 is 2.73 bits per heavy atom. The maximum atomic E-state index is 12.7. The standard InChI is InChI=1S/C19H27N5O2/c1-13-4-5-14(2)18(10-13)26-15(3)19(25)23-8-6-17(7-9-23)24-12-16(11-20)21-22-24/h4-5,10,12,15,17H,6-9,11,20H2,1-3H3/t15-/m1/s1. The molecule has 1 aromatic heterocycles. The third-order valence-electron chi connectivity index (χ3n) is 4.91. The van der Waals surface area contributed by atoms with Crippen molar-refractivity contribution in [3.8, 4) is 5.75 Å². The molecule has 1 aromatic carbocycles. The van der Waals surface area contributed by atoms with Gasteiger partial charge in [-0.25, -0.2) is 4.68 Å². The number of hydrogen-bond acceptors (Lipinski definition) is 5. The average molecular weight is 357 g/mol. The molecule has 2 aromatic rings. The first-order valence-corrected chi connectivity index (χ1v) is 9.11. The zero-order valence-corrected chi connectivity index (χ0v) is 15.7. The van der Waals surface area contributed by atoms with Gasteiger partial charge in [0.25, 0.3) is 5.91 Å². The number of ether oxygens (including phenoxy) is 1. The molecule has 3 rings (SSSR count). The van der Waals surface area contributed by atoms with Crippen LogP contribution in [0.4, 0.5) is 0 Å². The number of carbonyl (C=O) groups excluding carboxylic acids is 1. The molecule has 0 aliphatic carbocycles. The number of benzene rings is 1. The van der Waals surface area contributed by atoms with Gasteiger partial charge in [-0.05, 0) is 50.8 Å². The van der Waals surface area contributed by atoms with Gasteiger partial charge in [-0.3, -0.25) is 4.79 Å². The van der Waals surface area contributed by atoms with Crippen LogP contribution in [0.5, 0.6) is 5.75 Å². The summed E-state index contributed by atoms with van der Waals surface area (Å²) >= 11 is 0. The molecule has 7 nitrogen and oxygen atoms in total. The number of aryl methyl sites for hydroxylation is 2. The van der Waals surface area contributed by atoms with Gasteiger partial charge in [-0.2, -0.15) is 0 Å². The Kier molecular flexibility index (Phi) is 5.56. The minimum atomic E-state index is -0.498. The second-order valence-electron chi connectivity index (χ2n) is 6.98. The van der Waals surface area contributed by atoms with E-state index in [4.69, 9.17) is 10.5 Å². The van der Waals surface area contributed by atoms with Crippen LogP contribution in [0.2, 0.25) is 0 Å². The SMILES string of the molecule is Cc1ccc(C)c(O[C@H](C)C(=O)N2CCC(n3cc(CN)nn3)CC2)c1. The smallest absolute Gasteiger partial charge is 0.263 e. The molecule has 0 unspecified atom stereocenters. The first-order chi connectivity index (χ1) is 12.5. The predicted molar refractivity (Wildman–Crippen MR) is 98.8 cm³/mol. The lowest BCUT2D eigenvalue weighted by Crippen LogP contribution is -2.45. The number of hydrogen-bond donors (Lipinski definition) is 1. The minimum absolute atomic E-state index is 0.0330. The van der Waals surface area contributed by atoms with Crippen LogP contribution < -0.4 is 10.5 Å². The number of nitrogens with zero attached hydrogens (tertiary/aromatic N) is 4. The molecular weight excluding hydrogens is 330 g/mol. The Morgan fingerprint density at radius 2 is 2.08 bits per heavy atom. The molecule has 1 aliphatic rings. The lowest BCUT2D eigenvalue weighted by atomic mass is 10.0. The highest BCUT2D eigenvalue weighted by molar-refractivity contribution is 5.81. The topological polar surface area (TPSA) is 86.3 Å². The summed E-state index contributed by atoms with van der Waals surface area (Å²) in [5.41, 5.74) is 8.54. The van der Waals surface area contributed by atoms with Crippen LogP contribution in [0.25, 0.3) is 0 Å². The average Bonchev–Trinajstić information content (AvgIpc) is 3.13. The summed E-state index contributed by atoms with van der Waals surface area (Å²) in [4.78, 5) is 14.6. The summed E-state index contributed by atoms with van der Waals surface area (Å²) in [5, 5.41) is 8.19. The van der Waals surface area contributed by atoms with Gasteiger partial charge < -0.3 is 15.4 Å². The number of piperidine rings is 1. The Hall–Kier alpha value is -2.41. The van der Waals surface area contributed by atoms with Crippen molar-refractivity contribution >= 4 is 5.91 Å². The molecule has 1 atom stereocenters. The molecule has 1 aliphatic heterocycles. The summed E-state index contributed by atoms with van der Waals surface area (Å²) in [5.74, 6) is 0.809. The molecule has 0 spiro atoms. The molecule has 0 bridgehead atoms. The van der Waals surface area contributed by atoms with Crippen LogP contribution in [0.3, 0.4) is 0 Å². The van der Waals surface area contributed by atoms with Crippen molar-refractivity contribution in [3.05, 3.63) is 41.2 Å². The fraction of sp³-hybridized carbons (Fsp3) is 0.526. The lowest BCUT2D eigenvalue weighted by molar-refractivity contribution is -0.139. The van der Waals surface area contributed by atoms with Gasteiger partial charge in [0.2, 0.25) is 0 Å². The Labute approximate surface area is 154 Å². The molecule has 26 heavy (non-hydrogen) atoms. The Morgan fingerprint density at radius 1 is 1.35 bits per heavy atom. The van der Waals surface area contributed by atoms with Crippen LogP contribution in [-0.2, 0) is 11.3 Å². The third kappa shape index (κ3) is 4.04. The molecule has 7 heteroatoms. The molecule has 1 fully saturated rings. The summed E-state index contributed by atoms with van der Waals surface area (Å²) in [7, 11) is 0. The summed E-state index contributed by atoms with van der Waals surface area (Å²) < 4.78 is 7.81. The molecule has 140 valence electrons.